The summed E-state index contributed by atoms with van der Waals surface area (Å²) in [6.07, 6.45) is 7.07. The fourth-order valence-electron chi connectivity index (χ4n) is 2.45. The van der Waals surface area contributed by atoms with Crippen LogP contribution in [0.1, 0.15) is 38.3 Å². The standard InChI is InChI=1S/C14H24N4S/c1-4-7-15-14-16-10(2)8-13(18-14)17-11-5-6-12(9-11)19-3/h8,11-12H,4-7,9H2,1-3H3,(H2,15,16,17,18). The number of rotatable bonds is 6. The minimum Gasteiger partial charge on any atom is -0.367 e. The van der Waals surface area contributed by atoms with Gasteiger partial charge in [-0.3, -0.25) is 0 Å². The maximum absolute atomic E-state index is 4.55. The molecule has 0 aliphatic heterocycles. The molecule has 4 nitrogen and oxygen atoms in total. The summed E-state index contributed by atoms with van der Waals surface area (Å²) in [5.41, 5.74) is 1.01. The summed E-state index contributed by atoms with van der Waals surface area (Å²) in [6.45, 7) is 5.08. The first-order chi connectivity index (χ1) is 9.21. The molecule has 0 amide bonds. The molecule has 19 heavy (non-hydrogen) atoms. The molecule has 2 atom stereocenters. The highest BCUT2D eigenvalue weighted by Gasteiger charge is 2.24. The molecule has 0 bridgehead atoms. The summed E-state index contributed by atoms with van der Waals surface area (Å²) >= 11 is 1.98. The van der Waals surface area contributed by atoms with Gasteiger partial charge in [-0.2, -0.15) is 16.7 Å². The molecule has 2 N–H and O–H groups in total. The molecule has 106 valence electrons. The van der Waals surface area contributed by atoms with Gasteiger partial charge in [0.2, 0.25) is 5.95 Å². The van der Waals surface area contributed by atoms with Crippen molar-refractivity contribution < 1.29 is 0 Å². The Morgan fingerprint density at radius 3 is 2.89 bits per heavy atom. The van der Waals surface area contributed by atoms with E-state index in [2.05, 4.69) is 33.8 Å². The Balaban J connectivity index is 1.97. The molecule has 1 aliphatic rings. The number of nitrogens with zero attached hydrogens (tertiary/aromatic N) is 2. The molecule has 1 fully saturated rings. The minimum absolute atomic E-state index is 0.561. The lowest BCUT2D eigenvalue weighted by Gasteiger charge is -2.15. The third-order valence-corrected chi connectivity index (χ3v) is 4.55. The van der Waals surface area contributed by atoms with Crippen molar-refractivity contribution in [3.05, 3.63) is 11.8 Å². The highest BCUT2D eigenvalue weighted by atomic mass is 32.2. The van der Waals surface area contributed by atoms with E-state index in [1.165, 1.54) is 19.3 Å². The number of anilines is 2. The van der Waals surface area contributed by atoms with Gasteiger partial charge in [0.05, 0.1) is 0 Å². The quantitative estimate of drug-likeness (QED) is 0.837. The SMILES string of the molecule is CCCNc1nc(C)cc(NC2CCC(SC)C2)n1. The third-order valence-electron chi connectivity index (χ3n) is 3.46. The average molecular weight is 280 g/mol. The van der Waals surface area contributed by atoms with Gasteiger partial charge in [-0.25, -0.2) is 4.98 Å². The van der Waals surface area contributed by atoms with Gasteiger partial charge in [0, 0.05) is 29.6 Å². The van der Waals surface area contributed by atoms with E-state index in [0.29, 0.717) is 6.04 Å². The van der Waals surface area contributed by atoms with E-state index in [4.69, 9.17) is 0 Å². The van der Waals surface area contributed by atoms with Gasteiger partial charge in [-0.1, -0.05) is 6.92 Å². The Kier molecular flexibility index (Phi) is 5.31. The second-order valence-corrected chi connectivity index (χ2v) is 6.30. The second kappa shape index (κ2) is 6.98. The number of hydrogen-bond donors (Lipinski definition) is 2. The van der Waals surface area contributed by atoms with E-state index in [0.717, 1.165) is 35.7 Å². The summed E-state index contributed by atoms with van der Waals surface area (Å²) in [7, 11) is 0. The summed E-state index contributed by atoms with van der Waals surface area (Å²) in [5.74, 6) is 1.70. The Morgan fingerprint density at radius 1 is 1.37 bits per heavy atom. The molecule has 2 unspecified atom stereocenters. The molecule has 0 spiro atoms. The van der Waals surface area contributed by atoms with Crippen molar-refractivity contribution in [3.63, 3.8) is 0 Å². The maximum atomic E-state index is 4.55. The van der Waals surface area contributed by atoms with E-state index in [-0.39, 0.29) is 0 Å². The van der Waals surface area contributed by atoms with Crippen molar-refractivity contribution >= 4 is 23.5 Å². The van der Waals surface area contributed by atoms with Crippen LogP contribution in [-0.4, -0.2) is 34.1 Å². The van der Waals surface area contributed by atoms with Crippen molar-refractivity contribution in [2.24, 2.45) is 0 Å². The summed E-state index contributed by atoms with van der Waals surface area (Å²) < 4.78 is 0. The second-order valence-electron chi connectivity index (χ2n) is 5.16. The molecule has 1 heterocycles. The van der Waals surface area contributed by atoms with Crippen LogP contribution in [0.4, 0.5) is 11.8 Å². The van der Waals surface area contributed by atoms with E-state index >= 15 is 0 Å². The van der Waals surface area contributed by atoms with E-state index in [1.54, 1.807) is 0 Å². The maximum Gasteiger partial charge on any atom is 0.224 e. The lowest BCUT2D eigenvalue weighted by Crippen LogP contribution is -2.18. The van der Waals surface area contributed by atoms with Gasteiger partial charge in [0.25, 0.3) is 0 Å². The van der Waals surface area contributed by atoms with Crippen molar-refractivity contribution in [2.45, 2.75) is 50.8 Å². The third kappa shape index (κ3) is 4.27. The summed E-state index contributed by atoms with van der Waals surface area (Å²) in [4.78, 5) is 8.96. The van der Waals surface area contributed by atoms with Gasteiger partial charge in [0.1, 0.15) is 5.82 Å². The Hall–Kier alpha value is -0.970. The molecule has 2 rings (SSSR count). The summed E-state index contributed by atoms with van der Waals surface area (Å²) in [6, 6.07) is 2.59. The van der Waals surface area contributed by atoms with E-state index in [1.807, 2.05) is 24.8 Å². The lowest BCUT2D eigenvalue weighted by atomic mass is 10.2. The van der Waals surface area contributed by atoms with Gasteiger partial charge in [-0.15, -0.1) is 0 Å². The van der Waals surface area contributed by atoms with Crippen LogP contribution in [0, 0.1) is 6.92 Å². The molecule has 5 heteroatoms. The minimum atomic E-state index is 0.561. The number of nitrogens with one attached hydrogen (secondary N) is 2. The highest BCUT2D eigenvalue weighted by molar-refractivity contribution is 7.99. The van der Waals surface area contributed by atoms with Crippen LogP contribution < -0.4 is 10.6 Å². The molecular weight excluding hydrogens is 256 g/mol. The van der Waals surface area contributed by atoms with Gasteiger partial charge < -0.3 is 10.6 Å². The Labute approximate surface area is 120 Å². The highest BCUT2D eigenvalue weighted by Crippen LogP contribution is 2.30. The van der Waals surface area contributed by atoms with Gasteiger partial charge >= 0.3 is 0 Å². The number of thioether (sulfide) groups is 1. The fraction of sp³-hybridized carbons (Fsp3) is 0.714. The average Bonchev–Trinajstić information content (AvgIpc) is 2.83. The van der Waals surface area contributed by atoms with Crippen LogP contribution in [0.2, 0.25) is 0 Å². The van der Waals surface area contributed by atoms with Gasteiger partial charge in [-0.05, 0) is 38.9 Å². The lowest BCUT2D eigenvalue weighted by molar-refractivity contribution is 0.751. The van der Waals surface area contributed by atoms with Crippen molar-refractivity contribution in [1.82, 2.24) is 9.97 Å². The normalized spacial score (nSPS) is 22.5. The zero-order valence-corrected chi connectivity index (χ0v) is 12.9. The first kappa shape index (κ1) is 14.4. The molecule has 0 saturated heterocycles. The Bertz CT molecular complexity index is 410. The molecule has 0 aromatic carbocycles. The largest absolute Gasteiger partial charge is 0.367 e. The van der Waals surface area contributed by atoms with E-state index in [9.17, 15) is 0 Å². The van der Waals surface area contributed by atoms with Gasteiger partial charge in [0.15, 0.2) is 0 Å². The molecule has 1 saturated carbocycles. The first-order valence-corrected chi connectivity index (χ1v) is 8.39. The zero-order valence-electron chi connectivity index (χ0n) is 12.1. The first-order valence-electron chi connectivity index (χ1n) is 7.10. The molecule has 0 radical (unpaired) electrons. The number of aromatic nitrogens is 2. The topological polar surface area (TPSA) is 49.8 Å². The predicted molar refractivity (Wildman–Crippen MR) is 84.1 cm³/mol. The Morgan fingerprint density at radius 2 is 2.21 bits per heavy atom. The van der Waals surface area contributed by atoms with Crippen molar-refractivity contribution in [1.29, 1.82) is 0 Å². The van der Waals surface area contributed by atoms with Crippen LogP contribution in [0.3, 0.4) is 0 Å². The monoisotopic (exact) mass is 280 g/mol. The van der Waals surface area contributed by atoms with Crippen molar-refractivity contribution in [2.75, 3.05) is 23.4 Å². The molecule has 1 aromatic rings. The van der Waals surface area contributed by atoms with Crippen LogP contribution in [0.15, 0.2) is 6.07 Å². The fourth-order valence-corrected chi connectivity index (χ4v) is 3.25. The predicted octanol–water partition coefficient (Wildman–Crippen LogP) is 3.30. The number of aryl methyl sites for hydroxylation is 1. The van der Waals surface area contributed by atoms with Crippen molar-refractivity contribution in [3.8, 4) is 0 Å². The van der Waals surface area contributed by atoms with Crippen LogP contribution in [-0.2, 0) is 0 Å². The molecule has 1 aromatic heterocycles. The van der Waals surface area contributed by atoms with Crippen LogP contribution in [0.5, 0.6) is 0 Å². The number of hydrogen-bond acceptors (Lipinski definition) is 5. The zero-order chi connectivity index (χ0) is 13.7. The van der Waals surface area contributed by atoms with Crippen LogP contribution >= 0.6 is 11.8 Å². The smallest absolute Gasteiger partial charge is 0.224 e. The van der Waals surface area contributed by atoms with Crippen LogP contribution in [0.25, 0.3) is 0 Å². The van der Waals surface area contributed by atoms with E-state index < -0.39 is 0 Å². The molecule has 1 aliphatic carbocycles. The molecular formula is C14H24N4S. The summed E-state index contributed by atoms with van der Waals surface area (Å²) in [5, 5.41) is 7.62.